The summed E-state index contributed by atoms with van der Waals surface area (Å²) in [4.78, 5) is 18.3. The Kier molecular flexibility index (Phi) is 6.66. The van der Waals surface area contributed by atoms with Crippen LogP contribution in [0.1, 0.15) is 49.7 Å². The van der Waals surface area contributed by atoms with Crippen molar-refractivity contribution in [1.82, 2.24) is 4.90 Å². The SMILES string of the molecule is Cc1ccccc1N(C(=O)C1CCCC1)C1CCN(CCc2ccccc2)CC1. The normalized spacial score (nSPS) is 18.8. The van der Waals surface area contributed by atoms with Crippen LogP contribution >= 0.6 is 0 Å². The Morgan fingerprint density at radius 3 is 2.28 bits per heavy atom. The maximum atomic E-state index is 13.5. The molecule has 0 radical (unpaired) electrons. The Hall–Kier alpha value is -2.13. The van der Waals surface area contributed by atoms with Gasteiger partial charge in [-0.05, 0) is 56.2 Å². The molecule has 2 aromatic rings. The molecule has 29 heavy (non-hydrogen) atoms. The number of carbonyl (C=O) groups excluding carboxylic acids is 1. The summed E-state index contributed by atoms with van der Waals surface area (Å²) in [5.74, 6) is 0.602. The Labute approximate surface area is 175 Å². The predicted octanol–water partition coefficient (Wildman–Crippen LogP) is 5.23. The zero-order chi connectivity index (χ0) is 20.1. The van der Waals surface area contributed by atoms with E-state index >= 15 is 0 Å². The maximum absolute atomic E-state index is 13.5. The Morgan fingerprint density at radius 1 is 0.931 bits per heavy atom. The van der Waals surface area contributed by atoms with Crippen LogP contribution < -0.4 is 4.90 Å². The summed E-state index contributed by atoms with van der Waals surface area (Å²) in [6.07, 6.45) is 7.79. The van der Waals surface area contributed by atoms with Crippen molar-refractivity contribution in [2.24, 2.45) is 5.92 Å². The fourth-order valence-corrected chi connectivity index (χ4v) is 5.03. The van der Waals surface area contributed by atoms with Crippen LogP contribution in [0.4, 0.5) is 5.69 Å². The highest BCUT2D eigenvalue weighted by Gasteiger charge is 2.34. The molecule has 0 spiro atoms. The third-order valence-electron chi connectivity index (χ3n) is 6.80. The van der Waals surface area contributed by atoms with Gasteiger partial charge in [0.1, 0.15) is 0 Å². The smallest absolute Gasteiger partial charge is 0.230 e. The van der Waals surface area contributed by atoms with Crippen LogP contribution in [0.5, 0.6) is 0 Å². The molecule has 1 saturated carbocycles. The van der Waals surface area contributed by atoms with Crippen molar-refractivity contribution in [2.75, 3.05) is 24.5 Å². The first kappa shape index (κ1) is 20.2. The number of para-hydroxylation sites is 1. The van der Waals surface area contributed by atoms with Crippen LogP contribution in [-0.2, 0) is 11.2 Å². The highest BCUT2D eigenvalue weighted by Crippen LogP contribution is 2.33. The van der Waals surface area contributed by atoms with Crippen LogP contribution in [0.2, 0.25) is 0 Å². The lowest BCUT2D eigenvalue weighted by Crippen LogP contribution is -2.49. The molecule has 0 N–H and O–H groups in total. The summed E-state index contributed by atoms with van der Waals surface area (Å²) in [7, 11) is 0. The van der Waals surface area contributed by atoms with E-state index in [0.29, 0.717) is 11.9 Å². The minimum Gasteiger partial charge on any atom is -0.309 e. The van der Waals surface area contributed by atoms with E-state index in [9.17, 15) is 4.79 Å². The molecule has 0 unspecified atom stereocenters. The number of hydrogen-bond acceptors (Lipinski definition) is 2. The molecule has 2 aliphatic rings. The summed E-state index contributed by atoms with van der Waals surface area (Å²) in [6, 6.07) is 19.5. The van der Waals surface area contributed by atoms with E-state index in [1.807, 2.05) is 0 Å². The van der Waals surface area contributed by atoms with E-state index in [1.165, 1.54) is 24.0 Å². The number of hydrogen-bond donors (Lipinski definition) is 0. The number of piperidine rings is 1. The Bertz CT molecular complexity index is 789. The number of nitrogens with zero attached hydrogens (tertiary/aromatic N) is 2. The third-order valence-corrected chi connectivity index (χ3v) is 6.80. The van der Waals surface area contributed by atoms with E-state index in [-0.39, 0.29) is 5.92 Å². The molecule has 2 fully saturated rings. The van der Waals surface area contributed by atoms with Gasteiger partial charge in [0.2, 0.25) is 5.91 Å². The molecular formula is C26H34N2O. The first-order valence-electron chi connectivity index (χ1n) is 11.4. The predicted molar refractivity (Wildman–Crippen MR) is 120 cm³/mol. The number of likely N-dealkylation sites (tertiary alicyclic amines) is 1. The van der Waals surface area contributed by atoms with E-state index in [0.717, 1.165) is 57.4 Å². The fourth-order valence-electron chi connectivity index (χ4n) is 5.03. The second-order valence-electron chi connectivity index (χ2n) is 8.78. The van der Waals surface area contributed by atoms with Gasteiger partial charge in [-0.3, -0.25) is 4.79 Å². The molecule has 154 valence electrons. The van der Waals surface area contributed by atoms with Crippen molar-refractivity contribution in [3.05, 3.63) is 65.7 Å². The number of anilines is 1. The maximum Gasteiger partial charge on any atom is 0.230 e. The van der Waals surface area contributed by atoms with E-state index < -0.39 is 0 Å². The molecule has 1 aliphatic carbocycles. The standard InChI is InChI=1S/C26H34N2O/c1-21-9-5-8-14-25(21)28(26(29)23-12-6-7-13-23)24-16-19-27(20-17-24)18-15-22-10-3-2-4-11-22/h2-5,8-11,14,23-24H,6-7,12-13,15-20H2,1H3. The molecule has 1 heterocycles. The van der Waals surface area contributed by atoms with Crippen LogP contribution in [0.25, 0.3) is 0 Å². The molecule has 1 amide bonds. The molecule has 3 nitrogen and oxygen atoms in total. The molecule has 1 aliphatic heterocycles. The van der Waals surface area contributed by atoms with Crippen LogP contribution in [0.3, 0.4) is 0 Å². The fraction of sp³-hybridized carbons (Fsp3) is 0.500. The van der Waals surface area contributed by atoms with Crippen molar-refractivity contribution in [1.29, 1.82) is 0 Å². The van der Waals surface area contributed by atoms with Crippen LogP contribution in [0, 0.1) is 12.8 Å². The summed E-state index contributed by atoms with van der Waals surface area (Å²) in [5.41, 5.74) is 3.75. The van der Waals surface area contributed by atoms with Gasteiger partial charge in [0, 0.05) is 37.3 Å². The van der Waals surface area contributed by atoms with Gasteiger partial charge in [-0.25, -0.2) is 0 Å². The van der Waals surface area contributed by atoms with Gasteiger partial charge in [0.25, 0.3) is 0 Å². The molecule has 4 rings (SSSR count). The average molecular weight is 391 g/mol. The minimum atomic E-state index is 0.228. The number of amides is 1. The zero-order valence-corrected chi connectivity index (χ0v) is 17.7. The van der Waals surface area contributed by atoms with Crippen molar-refractivity contribution < 1.29 is 4.79 Å². The minimum absolute atomic E-state index is 0.228. The molecular weight excluding hydrogens is 356 g/mol. The van der Waals surface area contributed by atoms with Crippen LogP contribution in [-0.4, -0.2) is 36.5 Å². The van der Waals surface area contributed by atoms with Gasteiger partial charge in [-0.15, -0.1) is 0 Å². The quantitative estimate of drug-likeness (QED) is 0.675. The second-order valence-corrected chi connectivity index (χ2v) is 8.78. The van der Waals surface area contributed by atoms with Crippen LogP contribution in [0.15, 0.2) is 54.6 Å². The molecule has 2 aromatic carbocycles. The summed E-state index contributed by atoms with van der Waals surface area (Å²) in [6.45, 7) is 5.41. The largest absolute Gasteiger partial charge is 0.309 e. The molecule has 0 aromatic heterocycles. The number of benzene rings is 2. The lowest BCUT2D eigenvalue weighted by Gasteiger charge is -2.40. The van der Waals surface area contributed by atoms with Gasteiger partial charge in [-0.1, -0.05) is 61.4 Å². The molecule has 3 heteroatoms. The highest BCUT2D eigenvalue weighted by molar-refractivity contribution is 5.96. The summed E-state index contributed by atoms with van der Waals surface area (Å²) < 4.78 is 0. The number of rotatable bonds is 6. The van der Waals surface area contributed by atoms with Gasteiger partial charge >= 0.3 is 0 Å². The topological polar surface area (TPSA) is 23.6 Å². The van der Waals surface area contributed by atoms with Gasteiger partial charge in [-0.2, -0.15) is 0 Å². The third kappa shape index (κ3) is 4.90. The lowest BCUT2D eigenvalue weighted by molar-refractivity contribution is -0.122. The van der Waals surface area contributed by atoms with Gasteiger partial charge in [0.15, 0.2) is 0 Å². The van der Waals surface area contributed by atoms with Gasteiger partial charge < -0.3 is 9.80 Å². The van der Waals surface area contributed by atoms with Crippen molar-refractivity contribution in [2.45, 2.75) is 57.9 Å². The summed E-state index contributed by atoms with van der Waals surface area (Å²) >= 11 is 0. The highest BCUT2D eigenvalue weighted by atomic mass is 16.2. The van der Waals surface area contributed by atoms with Crippen molar-refractivity contribution in [3.63, 3.8) is 0 Å². The average Bonchev–Trinajstić information content (AvgIpc) is 3.30. The second kappa shape index (κ2) is 9.58. The Morgan fingerprint density at radius 2 is 1.59 bits per heavy atom. The number of aryl methyl sites for hydroxylation is 1. The van der Waals surface area contributed by atoms with Gasteiger partial charge in [0.05, 0.1) is 0 Å². The van der Waals surface area contributed by atoms with E-state index in [2.05, 4.69) is 71.3 Å². The van der Waals surface area contributed by atoms with Crippen molar-refractivity contribution >= 4 is 11.6 Å². The Balaban J connectivity index is 1.42. The first-order chi connectivity index (χ1) is 14.2. The molecule has 0 atom stereocenters. The van der Waals surface area contributed by atoms with Crippen molar-refractivity contribution in [3.8, 4) is 0 Å². The lowest BCUT2D eigenvalue weighted by atomic mass is 9.97. The van der Waals surface area contributed by atoms with E-state index in [4.69, 9.17) is 0 Å². The summed E-state index contributed by atoms with van der Waals surface area (Å²) in [5, 5.41) is 0. The molecule has 0 bridgehead atoms. The number of carbonyl (C=O) groups is 1. The molecule has 1 saturated heterocycles. The zero-order valence-electron chi connectivity index (χ0n) is 17.7. The monoisotopic (exact) mass is 390 g/mol. The first-order valence-corrected chi connectivity index (χ1v) is 11.4. The van der Waals surface area contributed by atoms with E-state index in [1.54, 1.807) is 0 Å².